The monoisotopic (exact) mass is 246 g/mol. The van der Waals surface area contributed by atoms with E-state index in [2.05, 4.69) is 15.5 Å². The number of nitrogens with one attached hydrogen (secondary N) is 2. The van der Waals surface area contributed by atoms with Crippen molar-refractivity contribution in [3.63, 3.8) is 0 Å². The summed E-state index contributed by atoms with van der Waals surface area (Å²) >= 11 is 0. The largest absolute Gasteiger partial charge is 0.397 e. The van der Waals surface area contributed by atoms with Crippen molar-refractivity contribution >= 4 is 22.3 Å². The molecule has 1 heterocycles. The van der Waals surface area contributed by atoms with E-state index < -0.39 is 0 Å². The maximum atomic E-state index is 9.62. The molecule has 3 rings (SSSR count). The van der Waals surface area contributed by atoms with E-state index in [1.807, 2.05) is 12.1 Å². The van der Waals surface area contributed by atoms with Crippen molar-refractivity contribution < 1.29 is 5.11 Å². The van der Waals surface area contributed by atoms with Crippen LogP contribution in [-0.4, -0.2) is 27.4 Å². The quantitative estimate of drug-likeness (QED) is 0.623. The third-order valence-corrected chi connectivity index (χ3v) is 3.87. The second-order valence-electron chi connectivity index (χ2n) is 5.17. The van der Waals surface area contributed by atoms with Gasteiger partial charge in [0.2, 0.25) is 0 Å². The second-order valence-corrected chi connectivity index (χ2v) is 5.17. The maximum Gasteiger partial charge on any atom is 0.0672 e. The Kier molecular flexibility index (Phi) is 2.63. The lowest BCUT2D eigenvalue weighted by molar-refractivity contribution is 0.214. The number of H-pyrrole nitrogens is 1. The molecule has 0 saturated heterocycles. The van der Waals surface area contributed by atoms with Crippen LogP contribution in [0, 0.1) is 0 Å². The molecule has 5 N–H and O–H groups in total. The lowest BCUT2D eigenvalue weighted by Gasteiger charge is -2.30. The summed E-state index contributed by atoms with van der Waals surface area (Å²) in [6, 6.07) is 3.87. The number of rotatable bonds is 3. The minimum atomic E-state index is -0.207. The van der Waals surface area contributed by atoms with Crippen LogP contribution in [0.3, 0.4) is 0 Å². The van der Waals surface area contributed by atoms with Crippen molar-refractivity contribution in [2.75, 3.05) is 17.7 Å². The standard InChI is InChI=1S/C13H18N4O/c14-10-5-9-7-15-17-11(9)6-12(10)16-13(8-18)3-1-2-4-13/h5-7,16,18H,1-4,8,14H2,(H,15,17). The molecule has 0 aliphatic heterocycles. The van der Waals surface area contributed by atoms with Gasteiger partial charge < -0.3 is 16.2 Å². The first-order chi connectivity index (χ1) is 8.72. The first kappa shape index (κ1) is 11.3. The lowest BCUT2D eigenvalue weighted by atomic mass is 9.98. The summed E-state index contributed by atoms with van der Waals surface area (Å²) in [7, 11) is 0. The summed E-state index contributed by atoms with van der Waals surface area (Å²) in [4.78, 5) is 0. The molecule has 18 heavy (non-hydrogen) atoms. The summed E-state index contributed by atoms with van der Waals surface area (Å²) in [5, 5.41) is 21.0. The SMILES string of the molecule is Nc1cc2cn[nH]c2cc1NC1(CO)CCCC1. The van der Waals surface area contributed by atoms with E-state index >= 15 is 0 Å². The molecule has 0 amide bonds. The van der Waals surface area contributed by atoms with Gasteiger partial charge in [-0.25, -0.2) is 0 Å². The first-order valence-corrected chi connectivity index (χ1v) is 6.34. The summed E-state index contributed by atoms with van der Waals surface area (Å²) in [5.41, 5.74) is 8.38. The van der Waals surface area contributed by atoms with Crippen LogP contribution >= 0.6 is 0 Å². The molecule has 5 nitrogen and oxygen atoms in total. The van der Waals surface area contributed by atoms with Crippen molar-refractivity contribution in [2.45, 2.75) is 31.2 Å². The molecule has 1 aliphatic carbocycles. The van der Waals surface area contributed by atoms with Gasteiger partial charge in [0.15, 0.2) is 0 Å². The van der Waals surface area contributed by atoms with Crippen molar-refractivity contribution in [2.24, 2.45) is 0 Å². The number of anilines is 2. The third-order valence-electron chi connectivity index (χ3n) is 3.87. The van der Waals surface area contributed by atoms with Gasteiger partial charge in [-0.3, -0.25) is 5.10 Å². The van der Waals surface area contributed by atoms with E-state index in [0.29, 0.717) is 5.69 Å². The summed E-state index contributed by atoms with van der Waals surface area (Å²) in [6.45, 7) is 0.146. The Bertz CT molecular complexity index is 557. The first-order valence-electron chi connectivity index (χ1n) is 6.34. The zero-order chi connectivity index (χ0) is 12.6. The number of nitrogens with zero attached hydrogens (tertiary/aromatic N) is 1. The fourth-order valence-corrected chi connectivity index (χ4v) is 2.78. The Morgan fingerprint density at radius 3 is 2.89 bits per heavy atom. The Labute approximate surface area is 105 Å². The van der Waals surface area contributed by atoms with E-state index in [9.17, 15) is 5.11 Å². The predicted octanol–water partition coefficient (Wildman–Crippen LogP) is 1.86. The molecule has 0 spiro atoms. The molecule has 96 valence electrons. The molecule has 2 aromatic rings. The highest BCUT2D eigenvalue weighted by molar-refractivity contribution is 5.88. The number of nitrogen functional groups attached to an aromatic ring is 1. The summed E-state index contributed by atoms with van der Waals surface area (Å²) in [5.74, 6) is 0. The van der Waals surface area contributed by atoms with Crippen LogP contribution in [0.15, 0.2) is 18.3 Å². The molecule has 0 bridgehead atoms. The highest BCUT2D eigenvalue weighted by Gasteiger charge is 2.33. The van der Waals surface area contributed by atoms with Gasteiger partial charge in [0.25, 0.3) is 0 Å². The van der Waals surface area contributed by atoms with Crippen LogP contribution in [0.5, 0.6) is 0 Å². The van der Waals surface area contributed by atoms with E-state index in [-0.39, 0.29) is 12.1 Å². The van der Waals surface area contributed by atoms with Gasteiger partial charge in [0, 0.05) is 5.39 Å². The molecule has 0 atom stereocenters. The van der Waals surface area contributed by atoms with Gasteiger partial charge in [-0.1, -0.05) is 12.8 Å². The highest BCUT2D eigenvalue weighted by atomic mass is 16.3. The molecule has 0 radical (unpaired) electrons. The van der Waals surface area contributed by atoms with E-state index in [1.165, 1.54) is 0 Å². The smallest absolute Gasteiger partial charge is 0.0672 e. The molecular weight excluding hydrogens is 228 g/mol. The third kappa shape index (κ3) is 1.80. The van der Waals surface area contributed by atoms with Gasteiger partial charge in [0.1, 0.15) is 0 Å². The molecule has 1 aromatic heterocycles. The molecule has 0 unspecified atom stereocenters. The number of aromatic amines is 1. The molecule has 5 heteroatoms. The fraction of sp³-hybridized carbons (Fsp3) is 0.462. The Morgan fingerprint density at radius 1 is 1.39 bits per heavy atom. The van der Waals surface area contributed by atoms with Crippen LogP contribution in [0.1, 0.15) is 25.7 Å². The fourth-order valence-electron chi connectivity index (χ4n) is 2.78. The van der Waals surface area contributed by atoms with E-state index in [1.54, 1.807) is 6.20 Å². The molecule has 1 aliphatic rings. The molecule has 1 saturated carbocycles. The lowest BCUT2D eigenvalue weighted by Crippen LogP contribution is -2.39. The zero-order valence-corrected chi connectivity index (χ0v) is 10.2. The van der Waals surface area contributed by atoms with Crippen LogP contribution in [0.2, 0.25) is 0 Å². The second kappa shape index (κ2) is 4.17. The van der Waals surface area contributed by atoms with E-state index in [4.69, 9.17) is 5.73 Å². The highest BCUT2D eigenvalue weighted by Crippen LogP contribution is 2.35. The predicted molar refractivity (Wildman–Crippen MR) is 72.4 cm³/mol. The van der Waals surface area contributed by atoms with Gasteiger partial charge in [-0.15, -0.1) is 0 Å². The van der Waals surface area contributed by atoms with Gasteiger partial charge in [0.05, 0.1) is 35.2 Å². The number of aromatic nitrogens is 2. The average Bonchev–Trinajstić information content (AvgIpc) is 2.99. The van der Waals surface area contributed by atoms with Crippen molar-refractivity contribution in [3.05, 3.63) is 18.3 Å². The maximum absolute atomic E-state index is 9.62. The van der Waals surface area contributed by atoms with Crippen molar-refractivity contribution in [1.82, 2.24) is 10.2 Å². The number of hydrogen-bond donors (Lipinski definition) is 4. The van der Waals surface area contributed by atoms with Gasteiger partial charge >= 0.3 is 0 Å². The summed E-state index contributed by atoms with van der Waals surface area (Å²) in [6.07, 6.45) is 6.04. The minimum absolute atomic E-state index is 0.146. The van der Waals surface area contributed by atoms with Gasteiger partial charge in [-0.2, -0.15) is 5.10 Å². The van der Waals surface area contributed by atoms with Crippen LogP contribution in [0.4, 0.5) is 11.4 Å². The molecule has 1 fully saturated rings. The van der Waals surface area contributed by atoms with E-state index in [0.717, 1.165) is 42.3 Å². The Morgan fingerprint density at radius 2 is 2.17 bits per heavy atom. The van der Waals surface area contributed by atoms with Crippen LogP contribution in [-0.2, 0) is 0 Å². The van der Waals surface area contributed by atoms with Gasteiger partial charge in [-0.05, 0) is 25.0 Å². The molecular formula is C13H18N4O. The number of benzene rings is 1. The topological polar surface area (TPSA) is 87.0 Å². The number of nitrogens with two attached hydrogens (primary N) is 1. The number of aliphatic hydroxyl groups excluding tert-OH is 1. The van der Waals surface area contributed by atoms with Crippen molar-refractivity contribution in [3.8, 4) is 0 Å². The molecule has 1 aromatic carbocycles. The van der Waals surface area contributed by atoms with Crippen LogP contribution < -0.4 is 11.1 Å². The van der Waals surface area contributed by atoms with Crippen LogP contribution in [0.25, 0.3) is 10.9 Å². The Hall–Kier alpha value is -1.75. The minimum Gasteiger partial charge on any atom is -0.397 e. The normalized spacial score (nSPS) is 18.3. The average molecular weight is 246 g/mol. The van der Waals surface area contributed by atoms with Crippen molar-refractivity contribution in [1.29, 1.82) is 0 Å². The summed E-state index contributed by atoms with van der Waals surface area (Å²) < 4.78 is 0. The number of hydrogen-bond acceptors (Lipinski definition) is 4. The number of aliphatic hydroxyl groups is 1. The zero-order valence-electron chi connectivity index (χ0n) is 10.2. The number of fused-ring (bicyclic) bond motifs is 1. The Balaban J connectivity index is 1.95.